The van der Waals surface area contributed by atoms with Crippen LogP contribution in [0.2, 0.25) is 0 Å². The number of carbonyl (C=O) groups is 1. The largest absolute Gasteiger partial charge is 0.391 e. The topological polar surface area (TPSA) is 80.0 Å². The van der Waals surface area contributed by atoms with Gasteiger partial charge in [-0.1, -0.05) is 18.9 Å². The second-order valence-electron chi connectivity index (χ2n) is 8.23. The fourth-order valence-corrected chi connectivity index (χ4v) is 4.11. The maximum Gasteiger partial charge on any atom is 0.254 e. The first-order valence-corrected chi connectivity index (χ1v) is 10.7. The Bertz CT molecular complexity index is 1060. The SMILES string of the molecule is Cc1c(Cc2ccc(-n3cccn3)nc2)cc(C(=O)N[C@H]2CCCC[C@@H]2O)c(F)c1C. The Hall–Kier alpha value is -3.06. The minimum absolute atomic E-state index is 0.0250. The number of amides is 1. The summed E-state index contributed by atoms with van der Waals surface area (Å²) in [6.45, 7) is 3.56. The van der Waals surface area contributed by atoms with Crippen molar-refractivity contribution in [3.8, 4) is 5.82 Å². The molecule has 1 saturated carbocycles. The molecule has 1 amide bonds. The van der Waals surface area contributed by atoms with Crippen LogP contribution in [0.4, 0.5) is 4.39 Å². The van der Waals surface area contributed by atoms with Crippen molar-refractivity contribution in [2.24, 2.45) is 0 Å². The van der Waals surface area contributed by atoms with Crippen molar-refractivity contribution in [1.29, 1.82) is 0 Å². The number of nitrogens with one attached hydrogen (secondary N) is 1. The van der Waals surface area contributed by atoms with E-state index in [0.29, 0.717) is 30.6 Å². The number of benzene rings is 1. The van der Waals surface area contributed by atoms with Gasteiger partial charge in [-0.15, -0.1) is 0 Å². The molecule has 1 aliphatic carbocycles. The second-order valence-corrected chi connectivity index (χ2v) is 8.23. The molecule has 0 spiro atoms. The Balaban J connectivity index is 1.56. The molecule has 1 aromatic carbocycles. The summed E-state index contributed by atoms with van der Waals surface area (Å²) in [5.74, 6) is -0.261. The average Bonchev–Trinajstić information content (AvgIpc) is 3.31. The van der Waals surface area contributed by atoms with Crippen molar-refractivity contribution < 1.29 is 14.3 Å². The van der Waals surface area contributed by atoms with Crippen molar-refractivity contribution in [3.05, 3.63) is 76.5 Å². The van der Waals surface area contributed by atoms with E-state index < -0.39 is 17.8 Å². The van der Waals surface area contributed by atoms with Gasteiger partial charge < -0.3 is 10.4 Å². The monoisotopic (exact) mass is 422 g/mol. The molecular formula is C24H27FN4O2. The van der Waals surface area contributed by atoms with Crippen LogP contribution in [0.25, 0.3) is 5.82 Å². The lowest BCUT2D eigenvalue weighted by Crippen LogP contribution is -2.45. The zero-order valence-corrected chi connectivity index (χ0v) is 17.8. The van der Waals surface area contributed by atoms with Crippen LogP contribution in [-0.2, 0) is 6.42 Å². The minimum Gasteiger partial charge on any atom is -0.391 e. The number of aliphatic hydroxyl groups excluding tert-OH is 1. The summed E-state index contributed by atoms with van der Waals surface area (Å²) in [5, 5.41) is 17.2. The highest BCUT2D eigenvalue weighted by Crippen LogP contribution is 2.25. The summed E-state index contributed by atoms with van der Waals surface area (Å²) in [4.78, 5) is 17.3. The van der Waals surface area contributed by atoms with E-state index in [1.807, 2.05) is 31.3 Å². The van der Waals surface area contributed by atoms with Gasteiger partial charge >= 0.3 is 0 Å². The summed E-state index contributed by atoms with van der Waals surface area (Å²) >= 11 is 0. The molecule has 4 rings (SSSR count). The first-order chi connectivity index (χ1) is 14.9. The normalized spacial score (nSPS) is 18.7. The van der Waals surface area contributed by atoms with Crippen molar-refractivity contribution in [2.45, 2.75) is 58.1 Å². The highest BCUT2D eigenvalue weighted by atomic mass is 19.1. The molecule has 162 valence electrons. The van der Waals surface area contributed by atoms with E-state index in [-0.39, 0.29) is 11.6 Å². The van der Waals surface area contributed by atoms with Gasteiger partial charge in [0.05, 0.1) is 17.7 Å². The summed E-state index contributed by atoms with van der Waals surface area (Å²) in [7, 11) is 0. The molecule has 31 heavy (non-hydrogen) atoms. The Morgan fingerprint density at radius 1 is 1.26 bits per heavy atom. The maximum absolute atomic E-state index is 14.9. The van der Waals surface area contributed by atoms with Crippen LogP contribution < -0.4 is 5.32 Å². The molecule has 6 nitrogen and oxygen atoms in total. The molecule has 7 heteroatoms. The van der Waals surface area contributed by atoms with Crippen LogP contribution >= 0.6 is 0 Å². The van der Waals surface area contributed by atoms with E-state index in [2.05, 4.69) is 15.4 Å². The summed E-state index contributed by atoms with van der Waals surface area (Å²) < 4.78 is 16.6. The fourth-order valence-electron chi connectivity index (χ4n) is 4.11. The first-order valence-electron chi connectivity index (χ1n) is 10.7. The van der Waals surface area contributed by atoms with Gasteiger partial charge in [-0.05, 0) is 73.6 Å². The van der Waals surface area contributed by atoms with Crippen LogP contribution in [-0.4, -0.2) is 37.9 Å². The smallest absolute Gasteiger partial charge is 0.254 e. The molecule has 0 saturated heterocycles. The number of hydrogen-bond acceptors (Lipinski definition) is 4. The van der Waals surface area contributed by atoms with Crippen LogP contribution in [0.1, 0.15) is 58.3 Å². The molecule has 2 atom stereocenters. The first kappa shape index (κ1) is 21.2. The number of halogens is 1. The molecule has 2 N–H and O–H groups in total. The van der Waals surface area contributed by atoms with E-state index in [9.17, 15) is 14.3 Å². The highest BCUT2D eigenvalue weighted by Gasteiger charge is 2.27. The van der Waals surface area contributed by atoms with Gasteiger partial charge in [-0.2, -0.15) is 5.10 Å². The van der Waals surface area contributed by atoms with Gasteiger partial charge in [-0.3, -0.25) is 4.79 Å². The van der Waals surface area contributed by atoms with E-state index in [0.717, 1.165) is 29.5 Å². The molecule has 1 fully saturated rings. The Morgan fingerprint density at radius 3 is 2.74 bits per heavy atom. The number of pyridine rings is 1. The lowest BCUT2D eigenvalue weighted by Gasteiger charge is -2.28. The average molecular weight is 423 g/mol. The molecule has 0 unspecified atom stereocenters. The molecule has 0 aliphatic heterocycles. The van der Waals surface area contributed by atoms with Crippen molar-refractivity contribution in [2.75, 3.05) is 0 Å². The molecule has 2 heterocycles. The van der Waals surface area contributed by atoms with Crippen molar-refractivity contribution >= 4 is 5.91 Å². The molecular weight excluding hydrogens is 395 g/mol. The van der Waals surface area contributed by atoms with Crippen LogP contribution in [0, 0.1) is 19.7 Å². The predicted molar refractivity (Wildman–Crippen MR) is 116 cm³/mol. The second kappa shape index (κ2) is 8.98. The molecule has 3 aromatic rings. The predicted octanol–water partition coefficient (Wildman–Crippen LogP) is 3.65. The number of nitrogens with zero attached hydrogens (tertiary/aromatic N) is 3. The van der Waals surface area contributed by atoms with Crippen molar-refractivity contribution in [1.82, 2.24) is 20.1 Å². The Kier molecular flexibility index (Phi) is 6.13. The molecule has 0 bridgehead atoms. The maximum atomic E-state index is 14.9. The molecule has 0 radical (unpaired) electrons. The van der Waals surface area contributed by atoms with E-state index in [1.165, 1.54) is 0 Å². The van der Waals surface area contributed by atoms with Gasteiger partial charge in [0.15, 0.2) is 5.82 Å². The van der Waals surface area contributed by atoms with Gasteiger partial charge in [0.1, 0.15) is 5.82 Å². The molecule has 2 aromatic heterocycles. The van der Waals surface area contributed by atoms with Crippen LogP contribution in [0.5, 0.6) is 0 Å². The van der Waals surface area contributed by atoms with Crippen LogP contribution in [0.15, 0.2) is 42.9 Å². The number of rotatable bonds is 5. The minimum atomic E-state index is -0.578. The third-order valence-corrected chi connectivity index (χ3v) is 6.16. The highest BCUT2D eigenvalue weighted by molar-refractivity contribution is 5.95. The third-order valence-electron chi connectivity index (χ3n) is 6.16. The fraction of sp³-hybridized carbons (Fsp3) is 0.375. The standard InChI is InChI=1S/C24H27FN4O2/c1-15-16(2)23(25)19(24(31)28-20-6-3-4-7-21(20)30)13-18(15)12-17-8-9-22(26-14-17)29-11-5-10-27-29/h5,8-11,13-14,20-21,30H,3-4,6-7,12H2,1-2H3,(H,28,31)/t20-,21-/m0/s1. The van der Waals surface area contributed by atoms with Gasteiger partial charge in [0.25, 0.3) is 5.91 Å². The number of aromatic nitrogens is 3. The number of aliphatic hydroxyl groups is 1. The van der Waals surface area contributed by atoms with E-state index in [1.54, 1.807) is 30.1 Å². The van der Waals surface area contributed by atoms with Gasteiger partial charge in [-0.25, -0.2) is 14.1 Å². The van der Waals surface area contributed by atoms with Gasteiger partial charge in [0.2, 0.25) is 0 Å². The zero-order valence-electron chi connectivity index (χ0n) is 17.8. The van der Waals surface area contributed by atoms with Crippen LogP contribution in [0.3, 0.4) is 0 Å². The lowest BCUT2D eigenvalue weighted by molar-refractivity contribution is 0.0714. The summed E-state index contributed by atoms with van der Waals surface area (Å²) in [6, 6.07) is 6.97. The third kappa shape index (κ3) is 4.51. The lowest BCUT2D eigenvalue weighted by atomic mass is 9.91. The van der Waals surface area contributed by atoms with Crippen molar-refractivity contribution in [3.63, 3.8) is 0 Å². The van der Waals surface area contributed by atoms with E-state index in [4.69, 9.17) is 0 Å². The molecule has 1 aliphatic rings. The van der Waals surface area contributed by atoms with E-state index >= 15 is 0 Å². The summed E-state index contributed by atoms with van der Waals surface area (Å²) in [5.41, 5.74) is 3.15. The number of hydrogen-bond donors (Lipinski definition) is 2. The number of carbonyl (C=O) groups excluding carboxylic acids is 1. The van der Waals surface area contributed by atoms with Gasteiger partial charge in [0, 0.05) is 18.6 Å². The Morgan fingerprint density at radius 2 is 2.06 bits per heavy atom. The Labute approximate surface area is 181 Å². The zero-order chi connectivity index (χ0) is 22.0. The summed E-state index contributed by atoms with van der Waals surface area (Å²) in [6.07, 6.45) is 8.51. The quantitative estimate of drug-likeness (QED) is 0.658.